The van der Waals surface area contributed by atoms with Gasteiger partial charge in [0.05, 0.1) is 11.4 Å². The van der Waals surface area contributed by atoms with Gasteiger partial charge in [-0.2, -0.15) is 0 Å². The molecule has 104 valence electrons. The van der Waals surface area contributed by atoms with Crippen LogP contribution in [-0.4, -0.2) is 24.7 Å². The third-order valence-corrected chi connectivity index (χ3v) is 4.22. The molecule has 3 nitrogen and oxygen atoms in total. The number of hydrogen-bond donors (Lipinski definition) is 0. The molecule has 2 aromatic rings. The maximum absolute atomic E-state index is 12.3. The first-order chi connectivity index (χ1) is 10.2. The topological polar surface area (TPSA) is 32.7 Å². The van der Waals surface area contributed by atoms with Crippen LogP contribution in [0, 0.1) is 0 Å². The lowest BCUT2D eigenvalue weighted by atomic mass is 9.98. The Balaban J connectivity index is 1.99. The second-order valence-corrected chi connectivity index (χ2v) is 5.72. The molecule has 0 bridgehead atoms. The maximum atomic E-state index is 12.3. The van der Waals surface area contributed by atoms with Crippen molar-refractivity contribution in [2.24, 2.45) is 4.99 Å². The SMILES string of the molecule is O=C1CN=C(c2ccccc2)c2cc(Cl)cc3c2N1CC3. The van der Waals surface area contributed by atoms with E-state index in [-0.39, 0.29) is 12.5 Å². The molecule has 0 N–H and O–H groups in total. The molecular weight excluding hydrogens is 284 g/mol. The fourth-order valence-corrected chi connectivity index (χ4v) is 3.34. The minimum absolute atomic E-state index is 0.0586. The van der Waals surface area contributed by atoms with Gasteiger partial charge in [-0.1, -0.05) is 41.9 Å². The third-order valence-electron chi connectivity index (χ3n) is 4.00. The first-order valence-corrected chi connectivity index (χ1v) is 7.35. The van der Waals surface area contributed by atoms with E-state index in [1.165, 1.54) is 0 Å². The van der Waals surface area contributed by atoms with E-state index in [2.05, 4.69) is 4.99 Å². The summed E-state index contributed by atoms with van der Waals surface area (Å²) in [5.41, 5.74) is 4.96. The standard InChI is InChI=1S/C17H13ClN2O/c18-13-8-12-6-7-20-15(21)10-19-16(14(9-13)17(12)20)11-4-2-1-3-5-11/h1-5,8-9H,6-7,10H2. The molecule has 0 aromatic heterocycles. The predicted molar refractivity (Wildman–Crippen MR) is 84.5 cm³/mol. The molecule has 2 aliphatic heterocycles. The van der Waals surface area contributed by atoms with Gasteiger partial charge in [0.15, 0.2) is 0 Å². The summed E-state index contributed by atoms with van der Waals surface area (Å²) < 4.78 is 0. The Morgan fingerprint density at radius 2 is 1.95 bits per heavy atom. The van der Waals surface area contributed by atoms with Crippen molar-refractivity contribution in [2.75, 3.05) is 18.0 Å². The molecule has 0 spiro atoms. The maximum Gasteiger partial charge on any atom is 0.248 e. The molecule has 0 saturated carbocycles. The van der Waals surface area contributed by atoms with Gasteiger partial charge in [-0.15, -0.1) is 0 Å². The Labute approximate surface area is 127 Å². The normalized spacial score (nSPS) is 16.5. The molecule has 4 heteroatoms. The van der Waals surface area contributed by atoms with Gasteiger partial charge in [-0.05, 0) is 24.1 Å². The monoisotopic (exact) mass is 296 g/mol. The number of aliphatic imine (C=N–C) groups is 1. The lowest BCUT2D eigenvalue weighted by Gasteiger charge is -2.17. The summed E-state index contributed by atoms with van der Waals surface area (Å²) in [5.74, 6) is 0.0586. The number of carbonyl (C=O) groups is 1. The highest BCUT2D eigenvalue weighted by molar-refractivity contribution is 6.32. The number of carbonyl (C=O) groups excluding carboxylic acids is 1. The van der Waals surface area contributed by atoms with Crippen LogP contribution in [-0.2, 0) is 11.2 Å². The smallest absolute Gasteiger partial charge is 0.248 e. The van der Waals surface area contributed by atoms with Crippen molar-refractivity contribution in [3.05, 3.63) is 64.2 Å². The zero-order valence-electron chi connectivity index (χ0n) is 11.3. The number of amides is 1. The quantitative estimate of drug-likeness (QED) is 0.796. The minimum Gasteiger partial charge on any atom is -0.310 e. The van der Waals surface area contributed by atoms with Crippen molar-refractivity contribution in [3.63, 3.8) is 0 Å². The van der Waals surface area contributed by atoms with E-state index in [0.29, 0.717) is 5.02 Å². The van der Waals surface area contributed by atoms with Gasteiger partial charge in [0.1, 0.15) is 6.54 Å². The van der Waals surface area contributed by atoms with Gasteiger partial charge in [0.25, 0.3) is 0 Å². The Morgan fingerprint density at radius 1 is 1.14 bits per heavy atom. The van der Waals surface area contributed by atoms with E-state index in [9.17, 15) is 4.79 Å². The number of benzene rings is 2. The van der Waals surface area contributed by atoms with Gasteiger partial charge >= 0.3 is 0 Å². The molecule has 2 heterocycles. The van der Waals surface area contributed by atoms with Crippen LogP contribution < -0.4 is 4.90 Å². The molecule has 0 aliphatic carbocycles. The van der Waals surface area contributed by atoms with E-state index in [1.54, 1.807) is 0 Å². The van der Waals surface area contributed by atoms with Crippen LogP contribution in [0.25, 0.3) is 0 Å². The first-order valence-electron chi connectivity index (χ1n) is 6.97. The molecule has 21 heavy (non-hydrogen) atoms. The molecule has 0 radical (unpaired) electrons. The highest BCUT2D eigenvalue weighted by atomic mass is 35.5. The average molecular weight is 297 g/mol. The molecule has 1 amide bonds. The van der Waals surface area contributed by atoms with Crippen molar-refractivity contribution in [1.29, 1.82) is 0 Å². The zero-order chi connectivity index (χ0) is 14.4. The van der Waals surface area contributed by atoms with Gasteiger partial charge in [0, 0.05) is 22.7 Å². The van der Waals surface area contributed by atoms with Crippen LogP contribution >= 0.6 is 11.6 Å². The van der Waals surface area contributed by atoms with Crippen LogP contribution in [0.15, 0.2) is 47.5 Å². The van der Waals surface area contributed by atoms with E-state index in [0.717, 1.165) is 41.1 Å². The van der Waals surface area contributed by atoms with Gasteiger partial charge in [-0.25, -0.2) is 0 Å². The molecular formula is C17H13ClN2O. The van der Waals surface area contributed by atoms with Crippen molar-refractivity contribution in [3.8, 4) is 0 Å². The summed E-state index contributed by atoms with van der Waals surface area (Å²) >= 11 is 6.26. The third kappa shape index (κ3) is 1.96. The van der Waals surface area contributed by atoms with Gasteiger partial charge in [0.2, 0.25) is 5.91 Å². The minimum atomic E-state index is 0.0586. The fraction of sp³-hybridized carbons (Fsp3) is 0.176. The zero-order valence-corrected chi connectivity index (χ0v) is 12.1. The second-order valence-electron chi connectivity index (χ2n) is 5.29. The van der Waals surface area contributed by atoms with Crippen LogP contribution in [0.2, 0.25) is 5.02 Å². The number of rotatable bonds is 1. The average Bonchev–Trinajstić information content (AvgIpc) is 2.85. The van der Waals surface area contributed by atoms with E-state index >= 15 is 0 Å². The highest BCUT2D eigenvalue weighted by Crippen LogP contribution is 2.37. The molecule has 2 aromatic carbocycles. The van der Waals surface area contributed by atoms with Crippen molar-refractivity contribution in [2.45, 2.75) is 6.42 Å². The van der Waals surface area contributed by atoms with E-state index < -0.39 is 0 Å². The van der Waals surface area contributed by atoms with Crippen LogP contribution in [0.1, 0.15) is 16.7 Å². The molecule has 0 saturated heterocycles. The summed E-state index contributed by atoms with van der Waals surface area (Å²) in [6.45, 7) is 0.912. The highest BCUT2D eigenvalue weighted by Gasteiger charge is 2.31. The van der Waals surface area contributed by atoms with Crippen molar-refractivity contribution >= 4 is 28.9 Å². The Kier molecular flexibility index (Phi) is 2.82. The molecule has 0 atom stereocenters. The number of nitrogens with zero attached hydrogens (tertiary/aromatic N) is 2. The lowest BCUT2D eigenvalue weighted by molar-refractivity contribution is -0.117. The summed E-state index contributed by atoms with van der Waals surface area (Å²) in [4.78, 5) is 18.7. The van der Waals surface area contributed by atoms with E-state index in [1.807, 2.05) is 47.4 Å². The van der Waals surface area contributed by atoms with Crippen molar-refractivity contribution < 1.29 is 4.79 Å². The van der Waals surface area contributed by atoms with Crippen LogP contribution in [0.3, 0.4) is 0 Å². The predicted octanol–water partition coefficient (Wildman–Crippen LogP) is 3.08. The Hall–Kier alpha value is -2.13. The van der Waals surface area contributed by atoms with Crippen LogP contribution in [0.4, 0.5) is 5.69 Å². The summed E-state index contributed by atoms with van der Waals surface area (Å²) in [5, 5.41) is 0.698. The summed E-state index contributed by atoms with van der Waals surface area (Å²) in [7, 11) is 0. The molecule has 0 unspecified atom stereocenters. The first kappa shape index (κ1) is 12.6. The molecule has 4 rings (SSSR count). The van der Waals surface area contributed by atoms with Gasteiger partial charge in [-0.3, -0.25) is 9.79 Å². The fourth-order valence-electron chi connectivity index (χ4n) is 3.10. The number of anilines is 1. The van der Waals surface area contributed by atoms with Crippen LogP contribution in [0.5, 0.6) is 0 Å². The summed E-state index contributed by atoms with van der Waals surface area (Å²) in [6.07, 6.45) is 0.858. The van der Waals surface area contributed by atoms with Crippen molar-refractivity contribution in [1.82, 2.24) is 0 Å². The lowest BCUT2D eigenvalue weighted by Crippen LogP contribution is -2.30. The van der Waals surface area contributed by atoms with E-state index in [4.69, 9.17) is 11.6 Å². The number of halogens is 1. The summed E-state index contributed by atoms with van der Waals surface area (Å²) in [6, 6.07) is 13.8. The Morgan fingerprint density at radius 3 is 2.76 bits per heavy atom. The van der Waals surface area contributed by atoms with Gasteiger partial charge < -0.3 is 4.90 Å². The Bertz CT molecular complexity index is 768. The number of hydrogen-bond acceptors (Lipinski definition) is 2. The molecule has 0 fully saturated rings. The second kappa shape index (κ2) is 4.71. The molecule has 2 aliphatic rings. The largest absolute Gasteiger partial charge is 0.310 e.